The molecule has 2 rings (SSSR count). The fraction of sp³-hybridized carbons (Fsp3) is 0.500. The van der Waals surface area contributed by atoms with Crippen LogP contribution in [0.3, 0.4) is 0 Å². The summed E-state index contributed by atoms with van der Waals surface area (Å²) in [5, 5.41) is 3.05. The van der Waals surface area contributed by atoms with E-state index in [1.807, 2.05) is 19.3 Å². The standard InChI is InChI=1S/C12H15BrN2O/c1-2-12(16)15-11-5-3-4-8-9(11)6-14-7-10(8)13/h6-7,11H,2-5H2,1H3,(H,15,16)/t11-/m0/s1. The maximum Gasteiger partial charge on any atom is 0.220 e. The summed E-state index contributed by atoms with van der Waals surface area (Å²) in [5.74, 6) is 0.109. The SMILES string of the molecule is CCC(=O)N[C@H]1CCCc2c(Br)cncc21. The highest BCUT2D eigenvalue weighted by Crippen LogP contribution is 2.33. The van der Waals surface area contributed by atoms with E-state index >= 15 is 0 Å². The fourth-order valence-electron chi connectivity index (χ4n) is 2.13. The Morgan fingerprint density at radius 2 is 2.44 bits per heavy atom. The monoisotopic (exact) mass is 282 g/mol. The lowest BCUT2D eigenvalue weighted by Crippen LogP contribution is -2.30. The number of nitrogens with zero attached hydrogens (tertiary/aromatic N) is 1. The first-order chi connectivity index (χ1) is 7.72. The van der Waals surface area contributed by atoms with Crippen LogP contribution in [0.5, 0.6) is 0 Å². The largest absolute Gasteiger partial charge is 0.349 e. The summed E-state index contributed by atoms with van der Waals surface area (Å²) in [7, 11) is 0. The predicted octanol–water partition coefficient (Wildman–Crippen LogP) is 2.75. The molecule has 0 spiro atoms. The summed E-state index contributed by atoms with van der Waals surface area (Å²) in [6, 6.07) is 0.140. The van der Waals surface area contributed by atoms with Crippen LogP contribution >= 0.6 is 15.9 Å². The van der Waals surface area contributed by atoms with Crippen LogP contribution in [0.25, 0.3) is 0 Å². The van der Waals surface area contributed by atoms with E-state index in [0.717, 1.165) is 23.7 Å². The summed E-state index contributed by atoms with van der Waals surface area (Å²) >= 11 is 3.52. The summed E-state index contributed by atoms with van der Waals surface area (Å²) in [6.45, 7) is 1.87. The molecule has 1 amide bonds. The predicted molar refractivity (Wildman–Crippen MR) is 66.0 cm³/mol. The molecule has 1 heterocycles. The molecule has 1 aromatic heterocycles. The van der Waals surface area contributed by atoms with Gasteiger partial charge in [0.1, 0.15) is 0 Å². The van der Waals surface area contributed by atoms with Gasteiger partial charge in [0.25, 0.3) is 0 Å². The number of rotatable bonds is 2. The molecule has 0 saturated heterocycles. The first-order valence-corrected chi connectivity index (χ1v) is 6.43. The number of hydrogen-bond acceptors (Lipinski definition) is 2. The third-order valence-corrected chi connectivity index (χ3v) is 3.67. The summed E-state index contributed by atoms with van der Waals surface area (Å²) < 4.78 is 1.06. The molecule has 1 N–H and O–H groups in total. The van der Waals surface area contributed by atoms with Crippen LogP contribution < -0.4 is 5.32 Å². The number of carbonyl (C=O) groups is 1. The number of aromatic nitrogens is 1. The van der Waals surface area contributed by atoms with Crippen molar-refractivity contribution in [3.8, 4) is 0 Å². The van der Waals surface area contributed by atoms with Crippen molar-refractivity contribution >= 4 is 21.8 Å². The summed E-state index contributed by atoms with van der Waals surface area (Å²) in [5.41, 5.74) is 2.46. The molecule has 0 aliphatic heterocycles. The van der Waals surface area contributed by atoms with E-state index in [2.05, 4.69) is 26.2 Å². The van der Waals surface area contributed by atoms with Crippen molar-refractivity contribution in [1.82, 2.24) is 10.3 Å². The van der Waals surface area contributed by atoms with Gasteiger partial charge in [-0.3, -0.25) is 9.78 Å². The zero-order valence-electron chi connectivity index (χ0n) is 9.29. The Morgan fingerprint density at radius 3 is 3.19 bits per heavy atom. The Hall–Kier alpha value is -0.900. The van der Waals surface area contributed by atoms with Gasteiger partial charge in [0.15, 0.2) is 0 Å². The molecular weight excluding hydrogens is 268 g/mol. The molecule has 16 heavy (non-hydrogen) atoms. The van der Waals surface area contributed by atoms with Crippen molar-refractivity contribution in [3.63, 3.8) is 0 Å². The summed E-state index contributed by atoms with van der Waals surface area (Å²) in [6.07, 6.45) is 7.42. The van der Waals surface area contributed by atoms with Gasteiger partial charge in [0, 0.05) is 23.3 Å². The van der Waals surface area contributed by atoms with E-state index in [4.69, 9.17) is 0 Å². The Morgan fingerprint density at radius 1 is 1.62 bits per heavy atom. The van der Waals surface area contributed by atoms with Crippen molar-refractivity contribution in [1.29, 1.82) is 0 Å². The van der Waals surface area contributed by atoms with Gasteiger partial charge in [-0.15, -0.1) is 0 Å². The van der Waals surface area contributed by atoms with E-state index in [1.165, 1.54) is 11.1 Å². The summed E-state index contributed by atoms with van der Waals surface area (Å²) in [4.78, 5) is 15.6. The Balaban J connectivity index is 2.26. The normalized spacial score (nSPS) is 19.0. The highest BCUT2D eigenvalue weighted by Gasteiger charge is 2.22. The zero-order chi connectivity index (χ0) is 11.5. The third kappa shape index (κ3) is 2.26. The average molecular weight is 283 g/mol. The highest BCUT2D eigenvalue weighted by molar-refractivity contribution is 9.10. The van der Waals surface area contributed by atoms with Gasteiger partial charge in [-0.25, -0.2) is 0 Å². The van der Waals surface area contributed by atoms with Crippen molar-refractivity contribution in [2.24, 2.45) is 0 Å². The molecule has 1 atom stereocenters. The van der Waals surface area contributed by atoms with Crippen molar-refractivity contribution in [2.45, 2.75) is 38.6 Å². The fourth-order valence-corrected chi connectivity index (χ4v) is 2.67. The number of hydrogen-bond donors (Lipinski definition) is 1. The van der Waals surface area contributed by atoms with E-state index in [1.54, 1.807) is 0 Å². The molecule has 0 saturated carbocycles. The van der Waals surface area contributed by atoms with Crippen molar-refractivity contribution in [3.05, 3.63) is 28.0 Å². The van der Waals surface area contributed by atoms with Crippen molar-refractivity contribution in [2.75, 3.05) is 0 Å². The van der Waals surface area contributed by atoms with Gasteiger partial charge in [-0.1, -0.05) is 6.92 Å². The second-order valence-electron chi connectivity index (χ2n) is 4.05. The average Bonchev–Trinajstić information content (AvgIpc) is 2.30. The van der Waals surface area contributed by atoms with Gasteiger partial charge >= 0.3 is 0 Å². The molecular formula is C12H15BrN2O. The molecule has 0 unspecified atom stereocenters. The first-order valence-electron chi connectivity index (χ1n) is 5.64. The number of amides is 1. The van der Waals surface area contributed by atoms with Crippen LogP contribution in [0.2, 0.25) is 0 Å². The van der Waals surface area contributed by atoms with Crippen LogP contribution in [0.1, 0.15) is 43.4 Å². The smallest absolute Gasteiger partial charge is 0.220 e. The highest BCUT2D eigenvalue weighted by atomic mass is 79.9. The molecule has 1 aromatic rings. The minimum Gasteiger partial charge on any atom is -0.349 e. The molecule has 0 aromatic carbocycles. The van der Waals surface area contributed by atoms with Crippen LogP contribution in [0.15, 0.2) is 16.9 Å². The molecule has 86 valence electrons. The molecule has 0 fully saturated rings. The number of fused-ring (bicyclic) bond motifs is 1. The molecule has 0 radical (unpaired) electrons. The minimum absolute atomic E-state index is 0.109. The second kappa shape index (κ2) is 4.95. The van der Waals surface area contributed by atoms with Gasteiger partial charge in [0.05, 0.1) is 6.04 Å². The van der Waals surface area contributed by atoms with Gasteiger partial charge in [-0.05, 0) is 46.3 Å². The van der Waals surface area contributed by atoms with Gasteiger partial charge < -0.3 is 5.32 Å². The zero-order valence-corrected chi connectivity index (χ0v) is 10.9. The Kier molecular flexibility index (Phi) is 3.59. The first kappa shape index (κ1) is 11.6. The number of pyridine rings is 1. The van der Waals surface area contributed by atoms with E-state index in [9.17, 15) is 4.79 Å². The molecule has 1 aliphatic carbocycles. The topological polar surface area (TPSA) is 42.0 Å². The third-order valence-electron chi connectivity index (χ3n) is 2.99. The van der Waals surface area contributed by atoms with E-state index < -0.39 is 0 Å². The number of carbonyl (C=O) groups excluding carboxylic acids is 1. The maximum absolute atomic E-state index is 11.4. The number of nitrogens with one attached hydrogen (secondary N) is 1. The second-order valence-corrected chi connectivity index (χ2v) is 4.91. The van der Waals surface area contributed by atoms with Gasteiger partial charge in [-0.2, -0.15) is 0 Å². The Bertz CT molecular complexity index is 406. The van der Waals surface area contributed by atoms with Crippen LogP contribution in [-0.2, 0) is 11.2 Å². The van der Waals surface area contributed by atoms with E-state index in [0.29, 0.717) is 6.42 Å². The van der Waals surface area contributed by atoms with Crippen molar-refractivity contribution < 1.29 is 4.79 Å². The number of halogens is 1. The molecule has 3 nitrogen and oxygen atoms in total. The van der Waals surface area contributed by atoms with Gasteiger partial charge in [0.2, 0.25) is 5.91 Å². The van der Waals surface area contributed by atoms with Crippen LogP contribution in [0, 0.1) is 0 Å². The van der Waals surface area contributed by atoms with Crippen LogP contribution in [0.4, 0.5) is 0 Å². The molecule has 0 bridgehead atoms. The maximum atomic E-state index is 11.4. The quantitative estimate of drug-likeness (QED) is 0.906. The molecule has 4 heteroatoms. The lowest BCUT2D eigenvalue weighted by atomic mass is 9.89. The lowest BCUT2D eigenvalue weighted by Gasteiger charge is -2.26. The van der Waals surface area contributed by atoms with E-state index in [-0.39, 0.29) is 11.9 Å². The van der Waals surface area contributed by atoms with Crippen LogP contribution in [-0.4, -0.2) is 10.9 Å². The Labute approximate surface area is 104 Å². The lowest BCUT2D eigenvalue weighted by molar-refractivity contribution is -0.121. The molecule has 1 aliphatic rings. The minimum atomic E-state index is 0.109.